The summed E-state index contributed by atoms with van der Waals surface area (Å²) < 4.78 is 0. The van der Waals surface area contributed by atoms with Crippen LogP contribution in [0.15, 0.2) is 35.3 Å². The number of hydrogen-bond acceptors (Lipinski definition) is 2. The largest absolute Gasteiger partial charge is 0.310 e. The minimum absolute atomic E-state index is 0.162. The fourth-order valence-electron chi connectivity index (χ4n) is 1.34. The van der Waals surface area contributed by atoms with Gasteiger partial charge in [-0.25, -0.2) is 4.98 Å². The quantitative estimate of drug-likeness (QED) is 0.896. The van der Waals surface area contributed by atoms with Gasteiger partial charge in [0.1, 0.15) is 5.82 Å². The lowest BCUT2D eigenvalue weighted by Crippen LogP contribution is -2.09. The van der Waals surface area contributed by atoms with Crippen LogP contribution in [0.3, 0.4) is 0 Å². The van der Waals surface area contributed by atoms with Crippen LogP contribution in [0.5, 0.6) is 0 Å². The van der Waals surface area contributed by atoms with Gasteiger partial charge in [-0.05, 0) is 17.7 Å². The van der Waals surface area contributed by atoms with Crippen molar-refractivity contribution in [3.8, 4) is 0 Å². The Morgan fingerprint density at radius 3 is 2.69 bits per heavy atom. The molecule has 1 heterocycles. The van der Waals surface area contributed by atoms with Gasteiger partial charge in [-0.15, -0.1) is 0 Å². The Morgan fingerprint density at radius 2 is 2.00 bits per heavy atom. The SMILES string of the molecule is O=c1ccnc(Cc2ccc(Cl)c(Cl)c2)[nH]1. The van der Waals surface area contributed by atoms with Gasteiger partial charge in [0.05, 0.1) is 10.0 Å². The van der Waals surface area contributed by atoms with E-state index in [0.717, 1.165) is 5.56 Å². The van der Waals surface area contributed by atoms with Crippen molar-refractivity contribution in [1.82, 2.24) is 9.97 Å². The first-order valence-corrected chi connectivity index (χ1v) is 5.39. The van der Waals surface area contributed by atoms with E-state index in [2.05, 4.69) is 9.97 Å². The average molecular weight is 255 g/mol. The van der Waals surface area contributed by atoms with E-state index in [1.165, 1.54) is 12.3 Å². The van der Waals surface area contributed by atoms with Crippen molar-refractivity contribution in [3.63, 3.8) is 0 Å². The Labute approximate surface area is 102 Å². The molecule has 3 nitrogen and oxygen atoms in total. The number of nitrogens with zero attached hydrogens (tertiary/aromatic N) is 1. The van der Waals surface area contributed by atoms with Gasteiger partial charge in [-0.2, -0.15) is 0 Å². The fourth-order valence-corrected chi connectivity index (χ4v) is 1.66. The Balaban J connectivity index is 2.27. The highest BCUT2D eigenvalue weighted by Gasteiger charge is 2.02. The van der Waals surface area contributed by atoms with Crippen molar-refractivity contribution in [2.45, 2.75) is 6.42 Å². The van der Waals surface area contributed by atoms with Crippen LogP contribution in [-0.4, -0.2) is 9.97 Å². The van der Waals surface area contributed by atoms with E-state index in [4.69, 9.17) is 23.2 Å². The molecule has 0 aliphatic rings. The van der Waals surface area contributed by atoms with Crippen LogP contribution >= 0.6 is 23.2 Å². The lowest BCUT2D eigenvalue weighted by molar-refractivity contribution is 0.946. The molecule has 0 bridgehead atoms. The van der Waals surface area contributed by atoms with Gasteiger partial charge >= 0.3 is 0 Å². The van der Waals surface area contributed by atoms with Gasteiger partial charge in [0.2, 0.25) is 0 Å². The molecule has 1 aromatic carbocycles. The molecule has 0 saturated heterocycles. The summed E-state index contributed by atoms with van der Waals surface area (Å²) in [5, 5.41) is 1.01. The fraction of sp³-hybridized carbons (Fsp3) is 0.0909. The maximum absolute atomic E-state index is 11.1. The minimum Gasteiger partial charge on any atom is -0.310 e. The van der Waals surface area contributed by atoms with E-state index in [9.17, 15) is 4.79 Å². The summed E-state index contributed by atoms with van der Waals surface area (Å²) in [7, 11) is 0. The molecule has 0 fully saturated rings. The lowest BCUT2D eigenvalue weighted by atomic mass is 10.1. The van der Waals surface area contributed by atoms with E-state index in [-0.39, 0.29) is 5.56 Å². The van der Waals surface area contributed by atoms with Gasteiger partial charge in [-0.3, -0.25) is 4.79 Å². The van der Waals surface area contributed by atoms with E-state index >= 15 is 0 Å². The summed E-state index contributed by atoms with van der Waals surface area (Å²) in [6.07, 6.45) is 2.00. The topological polar surface area (TPSA) is 45.8 Å². The van der Waals surface area contributed by atoms with Gasteiger partial charge in [0.15, 0.2) is 0 Å². The molecule has 0 unspecified atom stereocenters. The standard InChI is InChI=1S/C11H8Cl2N2O/c12-8-2-1-7(5-9(8)13)6-10-14-4-3-11(16)15-10/h1-5H,6H2,(H,14,15,16). The van der Waals surface area contributed by atoms with Crippen LogP contribution < -0.4 is 5.56 Å². The molecule has 0 radical (unpaired) electrons. The normalized spacial score (nSPS) is 10.4. The Kier molecular flexibility index (Phi) is 3.27. The number of benzene rings is 1. The summed E-state index contributed by atoms with van der Waals surface area (Å²) in [5.41, 5.74) is 0.786. The molecule has 2 rings (SSSR count). The van der Waals surface area contributed by atoms with Crippen molar-refractivity contribution < 1.29 is 0 Å². The number of H-pyrrole nitrogens is 1. The monoisotopic (exact) mass is 254 g/mol. The summed E-state index contributed by atoms with van der Waals surface area (Å²) in [6.45, 7) is 0. The molecule has 5 heteroatoms. The first-order chi connectivity index (χ1) is 7.65. The molecule has 0 aliphatic carbocycles. The van der Waals surface area contributed by atoms with E-state index in [1.807, 2.05) is 6.07 Å². The van der Waals surface area contributed by atoms with Crippen LogP contribution in [0.25, 0.3) is 0 Å². The van der Waals surface area contributed by atoms with E-state index in [1.54, 1.807) is 12.1 Å². The maximum atomic E-state index is 11.1. The average Bonchev–Trinajstić information content (AvgIpc) is 2.24. The molecule has 0 aliphatic heterocycles. The van der Waals surface area contributed by atoms with Crippen molar-refractivity contribution in [3.05, 3.63) is 62.2 Å². The summed E-state index contributed by atoms with van der Waals surface area (Å²) in [5.74, 6) is 0.603. The highest BCUT2D eigenvalue weighted by Crippen LogP contribution is 2.23. The van der Waals surface area contributed by atoms with Crippen molar-refractivity contribution in [2.24, 2.45) is 0 Å². The van der Waals surface area contributed by atoms with Gasteiger partial charge in [-0.1, -0.05) is 29.3 Å². The third-order valence-electron chi connectivity index (χ3n) is 2.08. The second-order valence-electron chi connectivity index (χ2n) is 3.31. The van der Waals surface area contributed by atoms with Crippen LogP contribution in [0, 0.1) is 0 Å². The highest BCUT2D eigenvalue weighted by atomic mass is 35.5. The zero-order valence-electron chi connectivity index (χ0n) is 8.21. The first kappa shape index (κ1) is 11.2. The Bertz CT molecular complexity index is 566. The van der Waals surface area contributed by atoms with Gasteiger partial charge < -0.3 is 4.98 Å². The molecule has 0 atom stereocenters. The minimum atomic E-state index is -0.162. The molecule has 82 valence electrons. The Hall–Kier alpha value is -1.32. The number of nitrogens with one attached hydrogen (secondary N) is 1. The summed E-state index contributed by atoms with van der Waals surface area (Å²) in [6, 6.07) is 6.71. The van der Waals surface area contributed by atoms with Crippen LogP contribution in [0.1, 0.15) is 11.4 Å². The van der Waals surface area contributed by atoms with Crippen LogP contribution in [0.2, 0.25) is 10.0 Å². The van der Waals surface area contributed by atoms with E-state index < -0.39 is 0 Å². The lowest BCUT2D eigenvalue weighted by Gasteiger charge is -2.02. The Morgan fingerprint density at radius 1 is 1.19 bits per heavy atom. The molecule has 16 heavy (non-hydrogen) atoms. The zero-order valence-corrected chi connectivity index (χ0v) is 9.72. The number of aromatic amines is 1. The van der Waals surface area contributed by atoms with Crippen molar-refractivity contribution in [1.29, 1.82) is 0 Å². The number of rotatable bonds is 2. The third kappa shape index (κ3) is 2.62. The molecule has 0 saturated carbocycles. The smallest absolute Gasteiger partial charge is 0.250 e. The molecular weight excluding hydrogens is 247 g/mol. The number of aromatic nitrogens is 2. The predicted molar refractivity (Wildman–Crippen MR) is 64.1 cm³/mol. The van der Waals surface area contributed by atoms with Gasteiger partial charge in [0, 0.05) is 18.7 Å². The summed E-state index contributed by atoms with van der Waals surface area (Å²) >= 11 is 11.7. The molecule has 1 N–H and O–H groups in total. The highest BCUT2D eigenvalue weighted by molar-refractivity contribution is 6.42. The molecule has 1 aromatic heterocycles. The third-order valence-corrected chi connectivity index (χ3v) is 2.82. The second-order valence-corrected chi connectivity index (χ2v) is 4.12. The van der Waals surface area contributed by atoms with Crippen molar-refractivity contribution in [2.75, 3.05) is 0 Å². The molecular formula is C11H8Cl2N2O. The number of halogens is 2. The second kappa shape index (κ2) is 4.68. The molecule has 0 spiro atoms. The number of hydrogen-bond donors (Lipinski definition) is 1. The zero-order chi connectivity index (χ0) is 11.5. The van der Waals surface area contributed by atoms with Crippen LogP contribution in [-0.2, 0) is 6.42 Å². The first-order valence-electron chi connectivity index (χ1n) is 4.63. The maximum Gasteiger partial charge on any atom is 0.250 e. The van der Waals surface area contributed by atoms with Crippen molar-refractivity contribution >= 4 is 23.2 Å². The van der Waals surface area contributed by atoms with Gasteiger partial charge in [0.25, 0.3) is 5.56 Å². The predicted octanol–water partition coefficient (Wildman–Crippen LogP) is 2.67. The van der Waals surface area contributed by atoms with Crippen LogP contribution in [0.4, 0.5) is 0 Å². The van der Waals surface area contributed by atoms with E-state index in [0.29, 0.717) is 22.3 Å². The molecule has 0 amide bonds. The molecule has 2 aromatic rings. The summed E-state index contributed by atoms with van der Waals surface area (Å²) in [4.78, 5) is 17.8.